The SMILES string of the molecule is COC(=O)C1CC(N(C)C(C)(C)C)CCC1N1CC[C@H](NC(=O)c2ccc(-c3ccc(Cl)cc3)o2)C1=O. The normalized spacial score (nSPS) is 24.4. The van der Waals surface area contributed by atoms with E-state index in [4.69, 9.17) is 20.8 Å². The van der Waals surface area contributed by atoms with Crippen LogP contribution >= 0.6 is 11.6 Å². The quantitative estimate of drug-likeness (QED) is 0.559. The first-order valence-electron chi connectivity index (χ1n) is 12.8. The van der Waals surface area contributed by atoms with E-state index in [9.17, 15) is 14.4 Å². The summed E-state index contributed by atoms with van der Waals surface area (Å²) in [5, 5.41) is 3.44. The van der Waals surface area contributed by atoms with Crippen LogP contribution in [0.15, 0.2) is 40.8 Å². The Bertz CT molecular complexity index is 1140. The van der Waals surface area contributed by atoms with Crippen molar-refractivity contribution in [2.45, 2.75) is 70.1 Å². The Hall–Kier alpha value is -2.84. The lowest BCUT2D eigenvalue weighted by Crippen LogP contribution is -2.55. The number of furan rings is 1. The highest BCUT2D eigenvalue weighted by atomic mass is 35.5. The number of benzene rings is 1. The van der Waals surface area contributed by atoms with Gasteiger partial charge in [0.25, 0.3) is 5.91 Å². The maximum Gasteiger partial charge on any atom is 0.310 e. The predicted octanol–water partition coefficient (Wildman–Crippen LogP) is 4.37. The van der Waals surface area contributed by atoms with Crippen LogP contribution in [0.4, 0.5) is 0 Å². The molecular formula is C28H36ClN3O5. The predicted molar refractivity (Wildman–Crippen MR) is 141 cm³/mol. The van der Waals surface area contributed by atoms with Crippen molar-refractivity contribution >= 4 is 29.4 Å². The Morgan fingerprint density at radius 3 is 2.46 bits per heavy atom. The van der Waals surface area contributed by atoms with E-state index < -0.39 is 17.9 Å². The van der Waals surface area contributed by atoms with Crippen LogP contribution in [-0.4, -0.2) is 72.0 Å². The number of nitrogens with one attached hydrogen (secondary N) is 1. The molecule has 37 heavy (non-hydrogen) atoms. The lowest BCUT2D eigenvalue weighted by molar-refractivity contribution is -0.152. The van der Waals surface area contributed by atoms with Gasteiger partial charge in [-0.25, -0.2) is 0 Å². The number of halogens is 1. The van der Waals surface area contributed by atoms with E-state index >= 15 is 0 Å². The first-order valence-corrected chi connectivity index (χ1v) is 13.1. The molecule has 1 aliphatic carbocycles. The summed E-state index contributed by atoms with van der Waals surface area (Å²) in [6.45, 7) is 6.94. The Morgan fingerprint density at radius 1 is 1.11 bits per heavy atom. The maximum absolute atomic E-state index is 13.4. The maximum atomic E-state index is 13.4. The molecule has 4 rings (SSSR count). The van der Waals surface area contributed by atoms with Crippen molar-refractivity contribution < 1.29 is 23.5 Å². The van der Waals surface area contributed by atoms with Gasteiger partial charge >= 0.3 is 5.97 Å². The van der Waals surface area contributed by atoms with E-state index in [0.29, 0.717) is 36.6 Å². The lowest BCUT2D eigenvalue weighted by atomic mass is 9.79. The summed E-state index contributed by atoms with van der Waals surface area (Å²) in [5.74, 6) is -0.630. The third-order valence-corrected chi connectivity index (χ3v) is 8.05. The standard InChI is InChI=1S/C28H36ClN3O5/c1-28(2,3)31(4)19-10-11-22(20(16-19)27(35)36-5)32-15-14-21(26(32)34)30-25(33)24-13-12-23(37-24)17-6-8-18(29)9-7-17/h6-9,12-13,19-22H,10-11,14-16H2,1-5H3,(H,30,33)/t19?,20?,21-,22?/m0/s1. The average Bonchev–Trinajstić information content (AvgIpc) is 3.50. The van der Waals surface area contributed by atoms with Crippen LogP contribution < -0.4 is 5.32 Å². The molecule has 0 radical (unpaired) electrons. The van der Waals surface area contributed by atoms with Gasteiger partial charge < -0.3 is 19.4 Å². The summed E-state index contributed by atoms with van der Waals surface area (Å²) in [5.41, 5.74) is 0.768. The Morgan fingerprint density at radius 2 is 1.81 bits per heavy atom. The monoisotopic (exact) mass is 529 g/mol. The second kappa shape index (κ2) is 10.9. The topological polar surface area (TPSA) is 92.1 Å². The van der Waals surface area contributed by atoms with Crippen LogP contribution in [0.5, 0.6) is 0 Å². The molecule has 2 fully saturated rings. The molecule has 4 atom stereocenters. The van der Waals surface area contributed by atoms with Crippen molar-refractivity contribution in [3.8, 4) is 11.3 Å². The van der Waals surface area contributed by atoms with E-state index in [1.54, 1.807) is 29.2 Å². The molecule has 8 nitrogen and oxygen atoms in total. The number of carbonyl (C=O) groups is 3. The summed E-state index contributed by atoms with van der Waals surface area (Å²) in [7, 11) is 3.48. The molecule has 1 N–H and O–H groups in total. The number of methoxy groups -OCH3 is 1. The molecule has 2 heterocycles. The average molecular weight is 530 g/mol. The smallest absolute Gasteiger partial charge is 0.310 e. The van der Waals surface area contributed by atoms with E-state index in [2.05, 4.69) is 38.0 Å². The van der Waals surface area contributed by atoms with Crippen LogP contribution in [0.25, 0.3) is 11.3 Å². The van der Waals surface area contributed by atoms with Gasteiger partial charge in [-0.1, -0.05) is 11.6 Å². The fraction of sp³-hybridized carbons (Fsp3) is 0.536. The van der Waals surface area contributed by atoms with Gasteiger partial charge in [0.15, 0.2) is 5.76 Å². The van der Waals surface area contributed by atoms with Crippen LogP contribution in [0.2, 0.25) is 5.02 Å². The highest BCUT2D eigenvalue weighted by Crippen LogP contribution is 2.36. The molecule has 2 amide bonds. The second-order valence-electron chi connectivity index (χ2n) is 11.0. The number of hydrogen-bond donors (Lipinski definition) is 1. The second-order valence-corrected chi connectivity index (χ2v) is 11.4. The fourth-order valence-corrected chi connectivity index (χ4v) is 5.56. The van der Waals surface area contributed by atoms with Crippen molar-refractivity contribution in [1.82, 2.24) is 15.1 Å². The first-order chi connectivity index (χ1) is 17.5. The van der Waals surface area contributed by atoms with E-state index in [-0.39, 0.29) is 35.3 Å². The minimum atomic E-state index is -0.662. The molecule has 2 aliphatic rings. The zero-order valence-corrected chi connectivity index (χ0v) is 22.9. The summed E-state index contributed by atoms with van der Waals surface area (Å²) in [4.78, 5) is 43.1. The molecule has 0 spiro atoms. The number of esters is 1. The molecular weight excluding hydrogens is 494 g/mol. The number of likely N-dealkylation sites (tertiary alicyclic amines) is 1. The van der Waals surface area contributed by atoms with Crippen LogP contribution in [0, 0.1) is 5.92 Å². The highest BCUT2D eigenvalue weighted by Gasteiger charge is 2.46. The van der Waals surface area contributed by atoms with Crippen LogP contribution in [0.3, 0.4) is 0 Å². The Labute approximate surface area is 223 Å². The highest BCUT2D eigenvalue weighted by molar-refractivity contribution is 6.30. The lowest BCUT2D eigenvalue weighted by Gasteiger charge is -2.46. The Balaban J connectivity index is 1.42. The van der Waals surface area contributed by atoms with Gasteiger partial charge in [-0.2, -0.15) is 0 Å². The van der Waals surface area contributed by atoms with Gasteiger partial charge in [0.05, 0.1) is 13.0 Å². The van der Waals surface area contributed by atoms with Crippen molar-refractivity contribution in [2.24, 2.45) is 5.92 Å². The van der Waals surface area contributed by atoms with Crippen molar-refractivity contribution in [1.29, 1.82) is 0 Å². The van der Waals surface area contributed by atoms with Crippen molar-refractivity contribution in [2.75, 3.05) is 20.7 Å². The number of ether oxygens (including phenoxy) is 1. The summed E-state index contributed by atoms with van der Waals surface area (Å²) in [6, 6.07) is 9.76. The first kappa shape index (κ1) is 27.2. The van der Waals surface area contributed by atoms with Gasteiger partial charge in [0.1, 0.15) is 11.8 Å². The minimum Gasteiger partial charge on any atom is -0.469 e. The third kappa shape index (κ3) is 5.85. The fourth-order valence-electron chi connectivity index (χ4n) is 5.43. The number of hydrogen-bond acceptors (Lipinski definition) is 6. The number of nitrogens with zero attached hydrogens (tertiary/aromatic N) is 2. The van der Waals surface area contributed by atoms with E-state index in [1.165, 1.54) is 7.11 Å². The van der Waals surface area contributed by atoms with Crippen LogP contribution in [0.1, 0.15) is 57.0 Å². The van der Waals surface area contributed by atoms with Gasteiger partial charge in [0.2, 0.25) is 5.91 Å². The number of amides is 2. The summed E-state index contributed by atoms with van der Waals surface area (Å²) in [6.07, 6.45) is 2.70. The molecule has 0 bridgehead atoms. The van der Waals surface area contributed by atoms with E-state index in [1.807, 2.05) is 12.1 Å². The number of rotatable bonds is 6. The molecule has 1 aromatic heterocycles. The van der Waals surface area contributed by atoms with Gasteiger partial charge in [-0.15, -0.1) is 0 Å². The number of carbonyl (C=O) groups excluding carboxylic acids is 3. The minimum absolute atomic E-state index is 0.0315. The largest absolute Gasteiger partial charge is 0.469 e. The van der Waals surface area contributed by atoms with Crippen molar-refractivity contribution in [3.05, 3.63) is 47.2 Å². The summed E-state index contributed by atoms with van der Waals surface area (Å²) >= 11 is 5.95. The zero-order valence-electron chi connectivity index (χ0n) is 22.1. The van der Waals surface area contributed by atoms with Crippen molar-refractivity contribution in [3.63, 3.8) is 0 Å². The van der Waals surface area contributed by atoms with E-state index in [0.717, 1.165) is 12.0 Å². The molecule has 2 aromatic rings. The molecule has 3 unspecified atom stereocenters. The molecule has 9 heteroatoms. The molecule has 1 saturated carbocycles. The molecule has 1 aliphatic heterocycles. The molecule has 1 saturated heterocycles. The van der Waals surface area contributed by atoms with Gasteiger partial charge in [0, 0.05) is 34.8 Å². The van der Waals surface area contributed by atoms with Gasteiger partial charge in [-0.3, -0.25) is 19.3 Å². The summed E-state index contributed by atoms with van der Waals surface area (Å²) < 4.78 is 10.9. The third-order valence-electron chi connectivity index (χ3n) is 7.80. The van der Waals surface area contributed by atoms with Gasteiger partial charge in [-0.05, 0) is 89.9 Å². The Kier molecular flexibility index (Phi) is 7.99. The zero-order chi connectivity index (χ0) is 26.9. The van der Waals surface area contributed by atoms with Crippen LogP contribution in [-0.2, 0) is 14.3 Å². The molecule has 200 valence electrons. The molecule has 1 aromatic carbocycles.